The van der Waals surface area contributed by atoms with Gasteiger partial charge in [-0.05, 0) is 37.5 Å². The molecule has 1 aromatic rings. The van der Waals surface area contributed by atoms with Crippen LogP contribution in [0.5, 0.6) is 0 Å². The van der Waals surface area contributed by atoms with E-state index in [1.807, 2.05) is 26.0 Å². The number of hydrogen-bond acceptors (Lipinski definition) is 1. The van der Waals surface area contributed by atoms with Gasteiger partial charge in [0.25, 0.3) is 0 Å². The molecule has 15 heavy (non-hydrogen) atoms. The Balaban J connectivity index is 2.65. The van der Waals surface area contributed by atoms with Crippen LogP contribution < -0.4 is 0 Å². The third kappa shape index (κ3) is 4.11. The Labute approximate surface area is 91.8 Å². The average Bonchev–Trinajstić information content (AvgIpc) is 2.17. The van der Waals surface area contributed by atoms with Crippen molar-refractivity contribution in [2.75, 3.05) is 0 Å². The summed E-state index contributed by atoms with van der Waals surface area (Å²) in [6, 6.07) is 8.25. The minimum atomic E-state index is 0.180. The molecule has 0 aliphatic rings. The average molecular weight is 202 g/mol. The van der Waals surface area contributed by atoms with Gasteiger partial charge in [0.2, 0.25) is 0 Å². The molecule has 1 heteroatoms. The molecule has 0 saturated carbocycles. The number of benzene rings is 1. The molecule has 0 saturated heterocycles. The van der Waals surface area contributed by atoms with Crippen LogP contribution in [-0.4, -0.2) is 5.78 Å². The minimum Gasteiger partial charge on any atom is -0.294 e. The lowest BCUT2D eigenvalue weighted by Gasteiger charge is -2.00. The molecule has 0 fully saturated rings. The first-order valence-corrected chi connectivity index (χ1v) is 5.37. The molecular formula is C14H18O. The highest BCUT2D eigenvalue weighted by Crippen LogP contribution is 2.06. The number of carbonyl (C=O) groups is 1. The second-order valence-electron chi connectivity index (χ2n) is 4.03. The molecule has 0 N–H and O–H groups in total. The van der Waals surface area contributed by atoms with E-state index in [0.29, 0.717) is 6.42 Å². The first-order valence-electron chi connectivity index (χ1n) is 5.37. The lowest BCUT2D eigenvalue weighted by molar-refractivity contribution is -0.114. The highest BCUT2D eigenvalue weighted by atomic mass is 16.1. The van der Waals surface area contributed by atoms with Gasteiger partial charge in [0.1, 0.15) is 0 Å². The molecule has 0 atom stereocenters. The smallest absolute Gasteiger partial charge is 0.159 e. The Morgan fingerprint density at radius 3 is 2.13 bits per heavy atom. The van der Waals surface area contributed by atoms with Crippen LogP contribution in [0, 0.1) is 0 Å². The Bertz CT molecular complexity index is 353. The number of aryl methyl sites for hydroxylation is 1. The fourth-order valence-corrected chi connectivity index (χ4v) is 1.47. The van der Waals surface area contributed by atoms with Crippen LogP contribution in [0.3, 0.4) is 0 Å². The molecule has 0 unspecified atom stereocenters. The quantitative estimate of drug-likeness (QED) is 0.684. The monoisotopic (exact) mass is 202 g/mol. The molecule has 0 heterocycles. The van der Waals surface area contributed by atoms with Gasteiger partial charge >= 0.3 is 0 Å². The fraction of sp³-hybridized carbons (Fsp3) is 0.357. The van der Waals surface area contributed by atoms with Crippen LogP contribution in [0.2, 0.25) is 0 Å². The summed E-state index contributed by atoms with van der Waals surface area (Å²) in [6.45, 7) is 6.01. The van der Waals surface area contributed by atoms with Crippen LogP contribution >= 0.6 is 0 Å². The van der Waals surface area contributed by atoms with Gasteiger partial charge in [-0.1, -0.05) is 36.8 Å². The molecule has 1 nitrogen and oxygen atoms in total. The van der Waals surface area contributed by atoms with Crippen molar-refractivity contribution in [3.8, 4) is 0 Å². The van der Waals surface area contributed by atoms with Crippen LogP contribution in [0.4, 0.5) is 0 Å². The molecule has 80 valence electrons. The third-order valence-electron chi connectivity index (χ3n) is 2.26. The Morgan fingerprint density at radius 1 is 1.13 bits per heavy atom. The number of ketones is 1. The highest BCUT2D eigenvalue weighted by molar-refractivity contribution is 5.91. The summed E-state index contributed by atoms with van der Waals surface area (Å²) >= 11 is 0. The zero-order valence-corrected chi connectivity index (χ0v) is 9.71. The first kappa shape index (κ1) is 11.7. The maximum absolute atomic E-state index is 11.5. The maximum atomic E-state index is 11.5. The molecule has 0 aliphatic heterocycles. The minimum absolute atomic E-state index is 0.180. The van der Waals surface area contributed by atoms with Gasteiger partial charge in [-0.3, -0.25) is 4.79 Å². The highest BCUT2D eigenvalue weighted by Gasteiger charge is 2.00. The molecule has 1 aromatic carbocycles. The van der Waals surface area contributed by atoms with Crippen molar-refractivity contribution < 1.29 is 4.79 Å². The summed E-state index contributed by atoms with van der Waals surface area (Å²) in [5, 5.41) is 0. The van der Waals surface area contributed by atoms with Crippen molar-refractivity contribution in [2.45, 2.75) is 33.6 Å². The Morgan fingerprint density at radius 2 is 1.67 bits per heavy atom. The van der Waals surface area contributed by atoms with Crippen molar-refractivity contribution in [3.05, 3.63) is 47.0 Å². The Hall–Kier alpha value is -1.37. The zero-order chi connectivity index (χ0) is 11.3. The zero-order valence-electron chi connectivity index (χ0n) is 9.71. The summed E-state index contributed by atoms with van der Waals surface area (Å²) in [7, 11) is 0. The van der Waals surface area contributed by atoms with E-state index in [1.54, 1.807) is 6.08 Å². The number of allylic oxidation sites excluding steroid dienone is 2. The number of hydrogen-bond donors (Lipinski definition) is 0. The van der Waals surface area contributed by atoms with Crippen LogP contribution in [0.1, 0.15) is 31.9 Å². The second kappa shape index (κ2) is 5.50. The van der Waals surface area contributed by atoms with Gasteiger partial charge in [-0.15, -0.1) is 0 Å². The summed E-state index contributed by atoms with van der Waals surface area (Å²) in [5.41, 5.74) is 3.47. The lowest BCUT2D eigenvalue weighted by Crippen LogP contribution is -1.99. The standard InChI is InChI=1S/C14H18O/c1-4-12-5-7-13(8-6-12)10-14(15)9-11(2)3/h5-9H,4,10H2,1-3H3. The van der Waals surface area contributed by atoms with Gasteiger partial charge in [-0.25, -0.2) is 0 Å². The van der Waals surface area contributed by atoms with Gasteiger partial charge < -0.3 is 0 Å². The summed E-state index contributed by atoms with van der Waals surface area (Å²) in [5.74, 6) is 0.180. The van der Waals surface area contributed by atoms with E-state index in [1.165, 1.54) is 5.56 Å². The molecule has 0 amide bonds. The van der Waals surface area contributed by atoms with Gasteiger partial charge in [0.15, 0.2) is 5.78 Å². The molecule has 0 bridgehead atoms. The van der Waals surface area contributed by atoms with E-state index in [2.05, 4.69) is 19.1 Å². The molecule has 1 rings (SSSR count). The van der Waals surface area contributed by atoms with Gasteiger partial charge in [-0.2, -0.15) is 0 Å². The molecule has 0 aromatic heterocycles. The van der Waals surface area contributed by atoms with E-state index in [9.17, 15) is 4.79 Å². The van der Waals surface area contributed by atoms with Crippen LogP contribution in [-0.2, 0) is 17.6 Å². The maximum Gasteiger partial charge on any atom is 0.159 e. The Kier molecular flexibility index (Phi) is 4.29. The van der Waals surface area contributed by atoms with Crippen molar-refractivity contribution in [1.29, 1.82) is 0 Å². The predicted molar refractivity (Wildman–Crippen MR) is 64.0 cm³/mol. The molecule has 0 spiro atoms. The molecular weight excluding hydrogens is 184 g/mol. The van der Waals surface area contributed by atoms with Gasteiger partial charge in [0, 0.05) is 6.42 Å². The normalized spacial score (nSPS) is 9.80. The van der Waals surface area contributed by atoms with E-state index < -0.39 is 0 Å². The van der Waals surface area contributed by atoms with Crippen molar-refractivity contribution in [2.24, 2.45) is 0 Å². The fourth-order valence-electron chi connectivity index (χ4n) is 1.47. The summed E-state index contributed by atoms with van der Waals surface area (Å²) in [6.07, 6.45) is 3.26. The summed E-state index contributed by atoms with van der Waals surface area (Å²) < 4.78 is 0. The van der Waals surface area contributed by atoms with E-state index in [0.717, 1.165) is 17.6 Å². The SMILES string of the molecule is CCc1ccc(CC(=O)C=C(C)C)cc1. The lowest BCUT2D eigenvalue weighted by atomic mass is 10.0. The first-order chi connectivity index (χ1) is 7.11. The van der Waals surface area contributed by atoms with Crippen LogP contribution in [0.15, 0.2) is 35.9 Å². The largest absolute Gasteiger partial charge is 0.294 e. The van der Waals surface area contributed by atoms with E-state index in [4.69, 9.17) is 0 Å². The number of rotatable bonds is 4. The topological polar surface area (TPSA) is 17.1 Å². The van der Waals surface area contributed by atoms with Gasteiger partial charge in [0.05, 0.1) is 0 Å². The summed E-state index contributed by atoms with van der Waals surface area (Å²) in [4.78, 5) is 11.5. The number of carbonyl (C=O) groups excluding carboxylic acids is 1. The third-order valence-corrected chi connectivity index (χ3v) is 2.26. The van der Waals surface area contributed by atoms with Crippen molar-refractivity contribution in [3.63, 3.8) is 0 Å². The molecule has 0 radical (unpaired) electrons. The van der Waals surface area contributed by atoms with Crippen molar-refractivity contribution >= 4 is 5.78 Å². The van der Waals surface area contributed by atoms with Crippen molar-refractivity contribution in [1.82, 2.24) is 0 Å². The van der Waals surface area contributed by atoms with E-state index in [-0.39, 0.29) is 5.78 Å². The molecule has 0 aliphatic carbocycles. The van der Waals surface area contributed by atoms with E-state index >= 15 is 0 Å². The predicted octanol–water partition coefficient (Wildman–Crippen LogP) is 3.33. The van der Waals surface area contributed by atoms with Crippen LogP contribution in [0.25, 0.3) is 0 Å². The second-order valence-corrected chi connectivity index (χ2v) is 4.03.